The van der Waals surface area contributed by atoms with Gasteiger partial charge < -0.3 is 9.80 Å². The lowest BCUT2D eigenvalue weighted by Crippen LogP contribution is -2.41. The van der Waals surface area contributed by atoms with Crippen LogP contribution in [-0.2, 0) is 6.42 Å². The van der Waals surface area contributed by atoms with Crippen molar-refractivity contribution in [1.82, 2.24) is 9.80 Å². The number of likely N-dealkylation sites (tertiary alicyclic amines) is 1. The van der Waals surface area contributed by atoms with Gasteiger partial charge in [0.2, 0.25) is 0 Å². The van der Waals surface area contributed by atoms with Gasteiger partial charge in [-0.05, 0) is 94.2 Å². The average Bonchev–Trinajstić information content (AvgIpc) is 3.57. The van der Waals surface area contributed by atoms with Gasteiger partial charge in [0, 0.05) is 55.2 Å². The molecule has 0 spiro atoms. The number of anilines is 1. The summed E-state index contributed by atoms with van der Waals surface area (Å²) >= 11 is 6.54. The van der Waals surface area contributed by atoms with Crippen LogP contribution in [0.1, 0.15) is 56.9 Å². The Bertz CT molecular complexity index is 937. The van der Waals surface area contributed by atoms with Crippen LogP contribution in [0.2, 0.25) is 0 Å². The van der Waals surface area contributed by atoms with Gasteiger partial charge in [-0.1, -0.05) is 60.7 Å². The van der Waals surface area contributed by atoms with Gasteiger partial charge in [-0.25, -0.2) is 0 Å². The van der Waals surface area contributed by atoms with E-state index in [0.29, 0.717) is 6.04 Å². The van der Waals surface area contributed by atoms with E-state index in [4.69, 9.17) is 11.6 Å². The average molecular weight is 506 g/mol. The Morgan fingerprint density at radius 1 is 0.972 bits per heavy atom. The summed E-state index contributed by atoms with van der Waals surface area (Å²) < 4.78 is 0. The molecule has 1 atom stereocenters. The SMILES string of the molecule is C=C/C=C(Cl)\C=C1/CCCC/C=C\C=C/CN1CC1CCCN1CCc1ccc(N2CCCC2)cc1. The van der Waals surface area contributed by atoms with Crippen molar-refractivity contribution in [3.8, 4) is 0 Å². The fraction of sp³-hybridized carbons (Fsp3) is 0.500. The lowest BCUT2D eigenvalue weighted by molar-refractivity contribution is 0.202. The number of hydrogen-bond donors (Lipinski definition) is 0. The summed E-state index contributed by atoms with van der Waals surface area (Å²) in [6.07, 6.45) is 25.8. The molecule has 2 saturated heterocycles. The molecular formula is C32H44ClN3. The van der Waals surface area contributed by atoms with Gasteiger partial charge in [-0.3, -0.25) is 4.90 Å². The lowest BCUT2D eigenvalue weighted by atomic mass is 10.1. The molecule has 3 aliphatic heterocycles. The van der Waals surface area contributed by atoms with Gasteiger partial charge in [0.1, 0.15) is 0 Å². The molecule has 1 aromatic rings. The highest BCUT2D eigenvalue weighted by Gasteiger charge is 2.26. The summed E-state index contributed by atoms with van der Waals surface area (Å²) in [6.45, 7) is 10.6. The van der Waals surface area contributed by atoms with E-state index in [9.17, 15) is 0 Å². The van der Waals surface area contributed by atoms with Crippen LogP contribution in [0, 0.1) is 0 Å². The fourth-order valence-corrected chi connectivity index (χ4v) is 5.95. The minimum Gasteiger partial charge on any atom is -0.372 e. The summed E-state index contributed by atoms with van der Waals surface area (Å²) in [5, 5.41) is 0.766. The van der Waals surface area contributed by atoms with E-state index in [-0.39, 0.29) is 0 Å². The quantitative estimate of drug-likeness (QED) is 0.339. The van der Waals surface area contributed by atoms with Crippen molar-refractivity contribution in [2.24, 2.45) is 0 Å². The lowest BCUT2D eigenvalue weighted by Gasteiger charge is -2.33. The third kappa shape index (κ3) is 8.15. The second-order valence-electron chi connectivity index (χ2n) is 10.4. The number of rotatable bonds is 8. The molecule has 3 heterocycles. The van der Waals surface area contributed by atoms with Crippen LogP contribution < -0.4 is 4.90 Å². The highest BCUT2D eigenvalue weighted by atomic mass is 35.5. The smallest absolute Gasteiger partial charge is 0.0423 e. The Kier molecular flexibility index (Phi) is 10.8. The number of nitrogens with zero attached hydrogens (tertiary/aromatic N) is 3. The van der Waals surface area contributed by atoms with E-state index in [1.165, 1.54) is 75.1 Å². The molecule has 0 amide bonds. The van der Waals surface area contributed by atoms with Crippen LogP contribution in [0.4, 0.5) is 5.69 Å². The largest absolute Gasteiger partial charge is 0.372 e. The Morgan fingerprint density at radius 2 is 1.78 bits per heavy atom. The van der Waals surface area contributed by atoms with Crippen molar-refractivity contribution >= 4 is 17.3 Å². The Hall–Kier alpha value is -2.23. The fourth-order valence-electron chi connectivity index (χ4n) is 5.73. The predicted octanol–water partition coefficient (Wildman–Crippen LogP) is 7.47. The number of allylic oxidation sites excluding steroid dienone is 8. The van der Waals surface area contributed by atoms with Gasteiger partial charge in [-0.15, -0.1) is 0 Å². The molecule has 0 bridgehead atoms. The molecule has 3 nitrogen and oxygen atoms in total. The van der Waals surface area contributed by atoms with Crippen LogP contribution >= 0.6 is 11.6 Å². The first-order chi connectivity index (χ1) is 17.7. The normalized spacial score (nSPS) is 25.2. The number of hydrogen-bond acceptors (Lipinski definition) is 3. The molecule has 0 N–H and O–H groups in total. The zero-order valence-corrected chi connectivity index (χ0v) is 22.7. The molecule has 4 rings (SSSR count). The highest BCUT2D eigenvalue weighted by Crippen LogP contribution is 2.25. The van der Waals surface area contributed by atoms with Gasteiger partial charge in [-0.2, -0.15) is 0 Å². The molecule has 3 aliphatic rings. The molecule has 194 valence electrons. The first-order valence-corrected chi connectivity index (χ1v) is 14.4. The summed E-state index contributed by atoms with van der Waals surface area (Å²) in [6, 6.07) is 9.94. The summed E-state index contributed by atoms with van der Waals surface area (Å²) in [4.78, 5) is 7.81. The molecule has 36 heavy (non-hydrogen) atoms. The first-order valence-electron chi connectivity index (χ1n) is 14.1. The third-order valence-corrected chi connectivity index (χ3v) is 8.01. The third-order valence-electron chi connectivity index (χ3n) is 7.78. The molecular weight excluding hydrogens is 462 g/mol. The van der Waals surface area contributed by atoms with E-state index in [2.05, 4.69) is 75.9 Å². The van der Waals surface area contributed by atoms with E-state index in [1.807, 2.05) is 6.08 Å². The Labute approximate surface area is 224 Å². The van der Waals surface area contributed by atoms with Crippen LogP contribution in [0.5, 0.6) is 0 Å². The summed E-state index contributed by atoms with van der Waals surface area (Å²) in [5.41, 5.74) is 4.20. The van der Waals surface area contributed by atoms with Crippen molar-refractivity contribution in [2.45, 2.75) is 63.8 Å². The molecule has 4 heteroatoms. The zero-order chi connectivity index (χ0) is 25.0. The van der Waals surface area contributed by atoms with Crippen molar-refractivity contribution in [3.05, 3.63) is 89.7 Å². The zero-order valence-electron chi connectivity index (χ0n) is 22.0. The van der Waals surface area contributed by atoms with Crippen molar-refractivity contribution in [2.75, 3.05) is 44.2 Å². The molecule has 2 fully saturated rings. The second-order valence-corrected chi connectivity index (χ2v) is 10.8. The van der Waals surface area contributed by atoms with E-state index in [1.54, 1.807) is 6.08 Å². The standard InChI is InChI=1S/C32H44ClN3/c1-2-13-29(33)26-31-14-8-6-4-3-5-7-9-23-36(31)27-32-15-12-24-35(32)25-20-28-16-18-30(19-17-28)34-21-10-11-22-34/h2-3,5,7,9,13,16-19,26,32H,1,4,6,8,10-12,14-15,20-25,27H2/b5-3-,9-7-,29-13+,31-26+. The summed E-state index contributed by atoms with van der Waals surface area (Å²) in [7, 11) is 0. The van der Waals surface area contributed by atoms with Gasteiger partial charge in [0.25, 0.3) is 0 Å². The minimum absolute atomic E-state index is 0.591. The maximum atomic E-state index is 6.54. The maximum Gasteiger partial charge on any atom is 0.0423 e. The van der Waals surface area contributed by atoms with Crippen molar-refractivity contribution in [1.29, 1.82) is 0 Å². The maximum absolute atomic E-state index is 6.54. The topological polar surface area (TPSA) is 9.72 Å². The van der Waals surface area contributed by atoms with Crippen LogP contribution in [0.25, 0.3) is 0 Å². The van der Waals surface area contributed by atoms with E-state index >= 15 is 0 Å². The Balaban J connectivity index is 1.40. The van der Waals surface area contributed by atoms with Crippen molar-refractivity contribution in [3.63, 3.8) is 0 Å². The highest BCUT2D eigenvalue weighted by molar-refractivity contribution is 6.31. The molecule has 0 radical (unpaired) electrons. The summed E-state index contributed by atoms with van der Waals surface area (Å²) in [5.74, 6) is 0. The monoisotopic (exact) mass is 505 g/mol. The van der Waals surface area contributed by atoms with Gasteiger partial charge in [0.15, 0.2) is 0 Å². The second kappa shape index (κ2) is 14.5. The van der Waals surface area contributed by atoms with Gasteiger partial charge >= 0.3 is 0 Å². The predicted molar refractivity (Wildman–Crippen MR) is 157 cm³/mol. The van der Waals surface area contributed by atoms with Crippen molar-refractivity contribution < 1.29 is 0 Å². The molecule has 1 unspecified atom stereocenters. The van der Waals surface area contributed by atoms with E-state index in [0.717, 1.165) is 43.9 Å². The molecule has 0 saturated carbocycles. The molecule has 0 aliphatic carbocycles. The van der Waals surface area contributed by atoms with Crippen LogP contribution in [-0.4, -0.2) is 55.1 Å². The number of halogens is 1. The minimum atomic E-state index is 0.591. The molecule has 0 aromatic heterocycles. The number of benzene rings is 1. The molecule has 1 aromatic carbocycles. The van der Waals surface area contributed by atoms with Crippen LogP contribution in [0.3, 0.4) is 0 Å². The Morgan fingerprint density at radius 3 is 2.58 bits per heavy atom. The van der Waals surface area contributed by atoms with Crippen LogP contribution in [0.15, 0.2) is 84.1 Å². The van der Waals surface area contributed by atoms with E-state index < -0.39 is 0 Å². The van der Waals surface area contributed by atoms with Gasteiger partial charge in [0.05, 0.1) is 0 Å². The first kappa shape index (κ1) is 26.8.